The molecule has 0 bridgehead atoms. The quantitative estimate of drug-likeness (QED) is 0.544. The standard InChI is InChI=1S/C26H29N3O3/c1-18-7-9-20(10-8-18)17-23(26(31)28-15-13-22-6-4-5-14-27-22)29-25(30)21-11-12-24(32-3)19(2)16-21/h4-12,14,16,23H,13,15,17H2,1-3H3,(H,28,31)(H,29,30)/t23-/m1/s1. The molecule has 1 aromatic heterocycles. The van der Waals surface area contributed by atoms with E-state index < -0.39 is 6.04 Å². The van der Waals surface area contributed by atoms with Gasteiger partial charge in [-0.25, -0.2) is 0 Å². The summed E-state index contributed by atoms with van der Waals surface area (Å²) in [6, 6.07) is 18.2. The van der Waals surface area contributed by atoms with E-state index >= 15 is 0 Å². The summed E-state index contributed by atoms with van der Waals surface area (Å²) in [6.45, 7) is 4.33. The molecule has 0 aliphatic rings. The number of nitrogens with one attached hydrogen (secondary N) is 2. The van der Waals surface area contributed by atoms with Crippen LogP contribution in [0.2, 0.25) is 0 Å². The fourth-order valence-electron chi connectivity index (χ4n) is 3.41. The van der Waals surface area contributed by atoms with Gasteiger partial charge in [0.15, 0.2) is 0 Å². The number of carbonyl (C=O) groups is 2. The SMILES string of the molecule is COc1ccc(C(=O)N[C@H](Cc2ccc(C)cc2)C(=O)NCCc2ccccn2)cc1C. The van der Waals surface area contributed by atoms with Gasteiger partial charge in [0.2, 0.25) is 5.91 Å². The van der Waals surface area contributed by atoms with Crippen molar-refractivity contribution in [3.05, 3.63) is 94.8 Å². The highest BCUT2D eigenvalue weighted by atomic mass is 16.5. The molecule has 2 N–H and O–H groups in total. The molecule has 0 spiro atoms. The Balaban J connectivity index is 1.70. The first-order valence-electron chi connectivity index (χ1n) is 10.6. The minimum atomic E-state index is -0.698. The molecule has 0 radical (unpaired) electrons. The zero-order valence-electron chi connectivity index (χ0n) is 18.7. The molecule has 3 rings (SSSR count). The number of nitrogens with zero attached hydrogens (tertiary/aromatic N) is 1. The molecule has 0 saturated carbocycles. The zero-order valence-corrected chi connectivity index (χ0v) is 18.7. The van der Waals surface area contributed by atoms with Crippen LogP contribution in [-0.4, -0.2) is 36.5 Å². The van der Waals surface area contributed by atoms with Gasteiger partial charge in [0, 0.05) is 36.8 Å². The number of aromatic nitrogens is 1. The van der Waals surface area contributed by atoms with Crippen LogP contribution in [-0.2, 0) is 17.6 Å². The van der Waals surface area contributed by atoms with Crippen LogP contribution in [0, 0.1) is 13.8 Å². The number of hydrogen-bond acceptors (Lipinski definition) is 4. The number of benzene rings is 2. The Morgan fingerprint density at radius 1 is 1.03 bits per heavy atom. The number of hydrogen-bond donors (Lipinski definition) is 2. The summed E-state index contributed by atoms with van der Waals surface area (Å²) in [4.78, 5) is 30.2. The number of pyridine rings is 1. The van der Waals surface area contributed by atoms with Gasteiger partial charge < -0.3 is 15.4 Å². The third-order valence-corrected chi connectivity index (χ3v) is 5.25. The minimum absolute atomic E-state index is 0.222. The second-order valence-electron chi connectivity index (χ2n) is 7.76. The summed E-state index contributed by atoms with van der Waals surface area (Å²) in [7, 11) is 1.59. The van der Waals surface area contributed by atoms with Gasteiger partial charge in [-0.1, -0.05) is 35.9 Å². The average Bonchev–Trinajstić information content (AvgIpc) is 2.80. The molecular weight excluding hydrogens is 402 g/mol. The number of aryl methyl sites for hydroxylation is 2. The van der Waals surface area contributed by atoms with Crippen LogP contribution in [0.5, 0.6) is 5.75 Å². The molecule has 2 amide bonds. The first-order valence-corrected chi connectivity index (χ1v) is 10.6. The second-order valence-corrected chi connectivity index (χ2v) is 7.76. The number of methoxy groups -OCH3 is 1. The highest BCUT2D eigenvalue weighted by Crippen LogP contribution is 2.18. The summed E-state index contributed by atoms with van der Waals surface area (Å²) in [5.41, 5.74) is 4.36. The average molecular weight is 432 g/mol. The fraction of sp³-hybridized carbons (Fsp3) is 0.269. The van der Waals surface area contributed by atoms with E-state index in [-0.39, 0.29) is 11.8 Å². The van der Waals surface area contributed by atoms with E-state index in [1.54, 1.807) is 31.5 Å². The molecule has 2 aromatic carbocycles. The molecule has 1 atom stereocenters. The van der Waals surface area contributed by atoms with E-state index in [4.69, 9.17) is 4.74 Å². The highest BCUT2D eigenvalue weighted by molar-refractivity contribution is 5.98. The predicted octanol–water partition coefficient (Wildman–Crippen LogP) is 3.41. The van der Waals surface area contributed by atoms with Gasteiger partial charge >= 0.3 is 0 Å². The van der Waals surface area contributed by atoms with Crippen LogP contribution >= 0.6 is 0 Å². The molecule has 3 aromatic rings. The molecule has 0 saturated heterocycles. The molecular formula is C26H29N3O3. The monoisotopic (exact) mass is 431 g/mol. The Kier molecular flexibility index (Phi) is 7.97. The number of carbonyl (C=O) groups excluding carboxylic acids is 2. The van der Waals surface area contributed by atoms with Crippen molar-refractivity contribution in [2.45, 2.75) is 32.7 Å². The maximum Gasteiger partial charge on any atom is 0.251 e. The third kappa shape index (κ3) is 6.41. The molecule has 0 unspecified atom stereocenters. The van der Waals surface area contributed by atoms with Gasteiger partial charge in [0.1, 0.15) is 11.8 Å². The maximum absolute atomic E-state index is 13.0. The highest BCUT2D eigenvalue weighted by Gasteiger charge is 2.22. The topological polar surface area (TPSA) is 80.3 Å². The van der Waals surface area contributed by atoms with Gasteiger partial charge in [-0.2, -0.15) is 0 Å². The molecule has 6 nitrogen and oxygen atoms in total. The summed E-state index contributed by atoms with van der Waals surface area (Å²) in [6.07, 6.45) is 2.75. The predicted molar refractivity (Wildman–Crippen MR) is 125 cm³/mol. The van der Waals surface area contributed by atoms with E-state index in [1.807, 2.05) is 56.3 Å². The van der Waals surface area contributed by atoms with Crippen LogP contribution in [0.15, 0.2) is 66.9 Å². The zero-order chi connectivity index (χ0) is 22.9. The normalized spacial score (nSPS) is 11.5. The first kappa shape index (κ1) is 23.0. The van der Waals surface area contributed by atoms with Gasteiger partial charge in [-0.3, -0.25) is 14.6 Å². The Hall–Kier alpha value is -3.67. The minimum Gasteiger partial charge on any atom is -0.496 e. The van der Waals surface area contributed by atoms with Crippen molar-refractivity contribution < 1.29 is 14.3 Å². The fourth-order valence-corrected chi connectivity index (χ4v) is 3.41. The molecule has 0 fully saturated rings. The Labute approximate surface area is 189 Å². The molecule has 1 heterocycles. The van der Waals surface area contributed by atoms with Gasteiger partial charge in [-0.05, 0) is 55.3 Å². The van der Waals surface area contributed by atoms with Gasteiger partial charge in [0.25, 0.3) is 5.91 Å². The molecule has 6 heteroatoms. The molecule has 166 valence electrons. The van der Waals surface area contributed by atoms with Crippen LogP contribution < -0.4 is 15.4 Å². The van der Waals surface area contributed by atoms with E-state index in [0.717, 1.165) is 22.4 Å². The lowest BCUT2D eigenvalue weighted by Crippen LogP contribution is -2.48. The van der Waals surface area contributed by atoms with E-state index in [9.17, 15) is 9.59 Å². The van der Waals surface area contributed by atoms with Crippen molar-refractivity contribution in [1.29, 1.82) is 0 Å². The van der Waals surface area contributed by atoms with Crippen LogP contribution in [0.4, 0.5) is 0 Å². The van der Waals surface area contributed by atoms with E-state index in [2.05, 4.69) is 15.6 Å². The largest absolute Gasteiger partial charge is 0.496 e. The van der Waals surface area contributed by atoms with Crippen molar-refractivity contribution in [2.24, 2.45) is 0 Å². The van der Waals surface area contributed by atoms with Crippen molar-refractivity contribution in [3.63, 3.8) is 0 Å². The Morgan fingerprint density at radius 3 is 2.47 bits per heavy atom. The smallest absolute Gasteiger partial charge is 0.251 e. The van der Waals surface area contributed by atoms with Crippen molar-refractivity contribution in [2.75, 3.05) is 13.7 Å². The third-order valence-electron chi connectivity index (χ3n) is 5.25. The van der Waals surface area contributed by atoms with Gasteiger partial charge in [0.05, 0.1) is 7.11 Å². The first-order chi connectivity index (χ1) is 15.5. The molecule has 0 aliphatic heterocycles. The number of ether oxygens (including phenoxy) is 1. The maximum atomic E-state index is 13.0. The summed E-state index contributed by atoms with van der Waals surface area (Å²) in [5, 5.41) is 5.84. The Bertz CT molecular complexity index is 1050. The second kappa shape index (κ2) is 11.1. The van der Waals surface area contributed by atoms with Crippen molar-refractivity contribution in [3.8, 4) is 5.75 Å². The van der Waals surface area contributed by atoms with E-state index in [0.29, 0.717) is 30.7 Å². The Morgan fingerprint density at radius 2 is 1.81 bits per heavy atom. The summed E-state index contributed by atoms with van der Waals surface area (Å²) < 4.78 is 5.27. The lowest BCUT2D eigenvalue weighted by molar-refractivity contribution is -0.122. The van der Waals surface area contributed by atoms with Crippen molar-refractivity contribution >= 4 is 11.8 Å². The molecule has 32 heavy (non-hydrogen) atoms. The van der Waals surface area contributed by atoms with E-state index in [1.165, 1.54) is 0 Å². The number of amides is 2. The number of rotatable bonds is 9. The summed E-state index contributed by atoms with van der Waals surface area (Å²) in [5.74, 6) is 0.192. The van der Waals surface area contributed by atoms with Crippen molar-refractivity contribution in [1.82, 2.24) is 15.6 Å². The van der Waals surface area contributed by atoms with Gasteiger partial charge in [-0.15, -0.1) is 0 Å². The van der Waals surface area contributed by atoms with Crippen LogP contribution in [0.3, 0.4) is 0 Å². The van der Waals surface area contributed by atoms with Crippen LogP contribution in [0.25, 0.3) is 0 Å². The lowest BCUT2D eigenvalue weighted by atomic mass is 10.0. The summed E-state index contributed by atoms with van der Waals surface area (Å²) >= 11 is 0. The van der Waals surface area contributed by atoms with Crippen LogP contribution in [0.1, 0.15) is 32.7 Å². The lowest BCUT2D eigenvalue weighted by Gasteiger charge is -2.19. The molecule has 0 aliphatic carbocycles.